The Labute approximate surface area is 354 Å². The largest absolute Gasteiger partial charge is 0.247 e. The smallest absolute Gasteiger partial charge is 0.0972 e. The highest BCUT2D eigenvalue weighted by molar-refractivity contribution is 7.26. The number of hydrogen-bond acceptors (Lipinski definition) is 4. The maximum absolute atomic E-state index is 5.48. The van der Waals surface area contributed by atoms with Crippen LogP contribution in [0.3, 0.4) is 0 Å². The Morgan fingerprint density at radius 2 is 0.869 bits per heavy atom. The second kappa shape index (κ2) is 13.4. The SMILES string of the molecule is c1ccc(-c2ccc3ccc4ccc(-c5c6ccccc6c(-c6cccc(-c7nc8ccccc8c8c7ccc7c9ccccc9sc78)c6)c6ccccc56)nc4c3n2)cc1. The van der Waals surface area contributed by atoms with E-state index < -0.39 is 0 Å². The van der Waals surface area contributed by atoms with Crippen LogP contribution in [0.1, 0.15) is 0 Å². The summed E-state index contributed by atoms with van der Waals surface area (Å²) < 4.78 is 2.61. The lowest BCUT2D eigenvalue weighted by Gasteiger charge is -2.18. The third kappa shape index (κ3) is 5.26. The number of para-hydroxylation sites is 1. The molecular weight excluding hydrogens is 759 g/mol. The summed E-state index contributed by atoms with van der Waals surface area (Å²) in [4.78, 5) is 16.1. The van der Waals surface area contributed by atoms with E-state index in [1.807, 2.05) is 17.4 Å². The molecule has 0 bridgehead atoms. The standard InChI is InChI=1S/C57H33N3S/c1-2-13-34(14-3-1)47-31-27-35-25-26-36-28-32-49(60-56(36)55(35)58-47)52-42-20-6-4-18-40(42)51(41-19-5-7-21-43(41)52)37-15-12-16-38(33-37)54-46-30-29-44-39-17-9-11-24-50(39)61-57(44)53(46)45-22-8-10-23-48(45)59-54/h1-33H. The first kappa shape index (κ1) is 34.1. The van der Waals surface area contributed by atoms with Crippen molar-refractivity contribution in [2.45, 2.75) is 0 Å². The van der Waals surface area contributed by atoms with Crippen LogP contribution < -0.4 is 0 Å². The lowest BCUT2D eigenvalue weighted by atomic mass is 9.86. The molecule has 0 fully saturated rings. The Balaban J connectivity index is 1.03. The average molecular weight is 792 g/mol. The third-order valence-corrected chi connectivity index (χ3v) is 13.6. The van der Waals surface area contributed by atoms with Crippen LogP contribution in [0.25, 0.3) is 130 Å². The zero-order chi connectivity index (χ0) is 40.0. The molecule has 9 aromatic carbocycles. The molecule has 0 atom stereocenters. The van der Waals surface area contributed by atoms with Crippen LogP contribution in [0, 0.1) is 0 Å². The van der Waals surface area contributed by atoms with Crippen molar-refractivity contribution in [3.8, 4) is 44.9 Å². The van der Waals surface area contributed by atoms with Gasteiger partial charge in [0.05, 0.1) is 33.6 Å². The number of nitrogens with zero attached hydrogens (tertiary/aromatic N) is 3. The number of hydrogen-bond donors (Lipinski definition) is 0. The van der Waals surface area contributed by atoms with Crippen LogP contribution in [-0.2, 0) is 0 Å². The molecule has 0 spiro atoms. The molecular formula is C57H33N3S. The molecule has 282 valence electrons. The first-order chi connectivity index (χ1) is 30.2. The maximum Gasteiger partial charge on any atom is 0.0972 e. The molecule has 0 saturated carbocycles. The topological polar surface area (TPSA) is 38.7 Å². The van der Waals surface area contributed by atoms with E-state index in [-0.39, 0.29) is 0 Å². The van der Waals surface area contributed by atoms with Gasteiger partial charge in [0.2, 0.25) is 0 Å². The van der Waals surface area contributed by atoms with Crippen molar-refractivity contribution in [3.05, 3.63) is 200 Å². The Kier molecular flexibility index (Phi) is 7.47. The molecule has 13 aromatic rings. The summed E-state index contributed by atoms with van der Waals surface area (Å²) in [5, 5.41) is 13.0. The number of aromatic nitrogens is 3. The molecule has 4 heteroatoms. The molecule has 0 aliphatic carbocycles. The molecule has 0 amide bonds. The van der Waals surface area contributed by atoms with Gasteiger partial charge in [0.25, 0.3) is 0 Å². The Morgan fingerprint density at radius 1 is 0.328 bits per heavy atom. The third-order valence-electron chi connectivity index (χ3n) is 12.4. The summed E-state index contributed by atoms with van der Waals surface area (Å²) >= 11 is 1.88. The van der Waals surface area contributed by atoms with Gasteiger partial charge in [-0.1, -0.05) is 170 Å². The van der Waals surface area contributed by atoms with Gasteiger partial charge in [-0.15, -0.1) is 11.3 Å². The molecule has 4 heterocycles. The molecule has 4 aromatic heterocycles. The minimum Gasteiger partial charge on any atom is -0.247 e. The van der Waals surface area contributed by atoms with Crippen molar-refractivity contribution in [2.75, 3.05) is 0 Å². The normalized spacial score (nSPS) is 11.9. The number of thiophene rings is 1. The summed E-state index contributed by atoms with van der Waals surface area (Å²) in [7, 11) is 0. The highest BCUT2D eigenvalue weighted by Gasteiger charge is 2.20. The Hall–Kier alpha value is -7.79. The average Bonchev–Trinajstić information content (AvgIpc) is 3.72. The molecule has 0 aliphatic heterocycles. The van der Waals surface area contributed by atoms with E-state index in [9.17, 15) is 0 Å². The fourth-order valence-corrected chi connectivity index (χ4v) is 10.9. The van der Waals surface area contributed by atoms with E-state index in [0.717, 1.165) is 77.4 Å². The van der Waals surface area contributed by atoms with Crippen molar-refractivity contribution in [3.63, 3.8) is 0 Å². The number of pyridine rings is 3. The van der Waals surface area contributed by atoms with E-state index in [1.165, 1.54) is 52.7 Å². The summed E-state index contributed by atoms with van der Waals surface area (Å²) in [5.74, 6) is 0. The van der Waals surface area contributed by atoms with Crippen molar-refractivity contribution >= 4 is 96.5 Å². The lowest BCUT2D eigenvalue weighted by molar-refractivity contribution is 1.37. The summed E-state index contributed by atoms with van der Waals surface area (Å²) in [6.07, 6.45) is 0. The van der Waals surface area contributed by atoms with Crippen molar-refractivity contribution in [1.29, 1.82) is 0 Å². The van der Waals surface area contributed by atoms with Gasteiger partial charge < -0.3 is 0 Å². The number of rotatable bonds is 4. The highest BCUT2D eigenvalue weighted by Crippen LogP contribution is 2.46. The quantitative estimate of drug-likeness (QED) is 0.132. The van der Waals surface area contributed by atoms with Gasteiger partial charge in [0.15, 0.2) is 0 Å². The minimum absolute atomic E-state index is 0.903. The predicted molar refractivity (Wildman–Crippen MR) is 259 cm³/mol. The second-order valence-electron chi connectivity index (χ2n) is 15.8. The molecule has 0 saturated heterocycles. The second-order valence-corrected chi connectivity index (χ2v) is 16.9. The fourth-order valence-electron chi connectivity index (χ4n) is 9.65. The summed E-state index contributed by atoms with van der Waals surface area (Å²) in [5.41, 5.74) is 11.3. The summed E-state index contributed by atoms with van der Waals surface area (Å²) in [6, 6.07) is 71.9. The Morgan fingerprint density at radius 3 is 1.61 bits per heavy atom. The fraction of sp³-hybridized carbons (Fsp3) is 0. The molecule has 0 radical (unpaired) electrons. The van der Waals surface area contributed by atoms with E-state index in [4.69, 9.17) is 15.0 Å². The van der Waals surface area contributed by atoms with Crippen LogP contribution in [0.15, 0.2) is 200 Å². The molecule has 13 rings (SSSR count). The first-order valence-corrected chi connectivity index (χ1v) is 21.5. The Bertz CT molecular complexity index is 3890. The van der Waals surface area contributed by atoms with Crippen LogP contribution >= 0.6 is 11.3 Å². The summed E-state index contributed by atoms with van der Waals surface area (Å²) in [6.45, 7) is 0. The van der Waals surface area contributed by atoms with Gasteiger partial charge in [0.1, 0.15) is 0 Å². The van der Waals surface area contributed by atoms with E-state index in [0.29, 0.717) is 0 Å². The number of benzene rings is 9. The van der Waals surface area contributed by atoms with Crippen LogP contribution in [0.4, 0.5) is 0 Å². The van der Waals surface area contributed by atoms with Crippen molar-refractivity contribution in [2.24, 2.45) is 0 Å². The molecule has 61 heavy (non-hydrogen) atoms. The van der Waals surface area contributed by atoms with Gasteiger partial charge in [-0.25, -0.2) is 15.0 Å². The van der Waals surface area contributed by atoms with Gasteiger partial charge >= 0.3 is 0 Å². The minimum atomic E-state index is 0.903. The molecule has 0 N–H and O–H groups in total. The van der Waals surface area contributed by atoms with Crippen molar-refractivity contribution < 1.29 is 0 Å². The van der Waals surface area contributed by atoms with Gasteiger partial charge in [0, 0.05) is 63.8 Å². The van der Waals surface area contributed by atoms with Gasteiger partial charge in [-0.3, -0.25) is 0 Å². The zero-order valence-electron chi connectivity index (χ0n) is 32.8. The van der Waals surface area contributed by atoms with Gasteiger partial charge in [-0.05, 0) is 63.0 Å². The van der Waals surface area contributed by atoms with Crippen LogP contribution in [0.2, 0.25) is 0 Å². The predicted octanol–water partition coefficient (Wildman–Crippen LogP) is 15.8. The van der Waals surface area contributed by atoms with E-state index in [1.54, 1.807) is 0 Å². The molecule has 3 nitrogen and oxygen atoms in total. The monoisotopic (exact) mass is 791 g/mol. The zero-order valence-corrected chi connectivity index (χ0v) is 33.6. The van der Waals surface area contributed by atoms with Crippen LogP contribution in [-0.4, -0.2) is 15.0 Å². The lowest BCUT2D eigenvalue weighted by Crippen LogP contribution is -1.95. The highest BCUT2D eigenvalue weighted by atomic mass is 32.1. The molecule has 0 aliphatic rings. The van der Waals surface area contributed by atoms with Crippen molar-refractivity contribution in [1.82, 2.24) is 15.0 Å². The van der Waals surface area contributed by atoms with E-state index in [2.05, 4.69) is 194 Å². The maximum atomic E-state index is 5.48. The molecule has 0 unspecified atom stereocenters. The first-order valence-electron chi connectivity index (χ1n) is 20.7. The van der Waals surface area contributed by atoms with E-state index >= 15 is 0 Å². The number of fused-ring (bicyclic) bond motifs is 12. The van der Waals surface area contributed by atoms with Crippen LogP contribution in [0.5, 0.6) is 0 Å². The van der Waals surface area contributed by atoms with Gasteiger partial charge in [-0.2, -0.15) is 0 Å².